The van der Waals surface area contributed by atoms with Gasteiger partial charge in [-0.3, -0.25) is 4.55 Å². The number of aryl methyl sites for hydroxylation is 2. The molecule has 14 heteroatoms. The standard InChI is InChI=1S/C36H33N3O8S2.ClH/c1-22-7-6-8-23(2)36(22)39-25-12-15-28-33(20-25)47-32-19-24(38-30-21-26(49(43,44)45)13-16-31(30)46-3)11-14-27(32)35(28)29-9-4-5-10-34(29)48(41,42)37-17-18-40;/h4-16,19-21,37-40H,17-18H2,1-3H3;1H. The van der Waals surface area contributed by atoms with Crippen molar-refractivity contribution in [3.8, 4) is 16.9 Å². The Morgan fingerprint density at radius 1 is 0.760 bits per heavy atom. The van der Waals surface area contributed by atoms with Gasteiger partial charge in [0.1, 0.15) is 5.75 Å². The van der Waals surface area contributed by atoms with E-state index in [1.807, 2.05) is 50.2 Å². The van der Waals surface area contributed by atoms with E-state index in [2.05, 4.69) is 15.4 Å². The monoisotopic (exact) mass is 735 g/mol. The number of aliphatic hydroxyl groups is 1. The predicted molar refractivity (Wildman–Crippen MR) is 191 cm³/mol. The minimum absolute atomic E-state index is 0. The van der Waals surface area contributed by atoms with Gasteiger partial charge in [-0.25, -0.2) is 17.6 Å². The molecule has 0 amide bonds. The molecule has 0 unspecified atom stereocenters. The molecule has 0 aliphatic carbocycles. The summed E-state index contributed by atoms with van der Waals surface area (Å²) in [7, 11) is -7.06. The third-order valence-corrected chi connectivity index (χ3v) is 10.4. The zero-order valence-corrected chi connectivity index (χ0v) is 29.6. The predicted octanol–water partition coefficient (Wildman–Crippen LogP) is 4.17. The number of methoxy groups -OCH3 is 1. The van der Waals surface area contributed by atoms with Crippen LogP contribution in [-0.4, -0.2) is 46.8 Å². The lowest BCUT2D eigenvalue weighted by Gasteiger charge is -2.15. The number of halogens is 1. The summed E-state index contributed by atoms with van der Waals surface area (Å²) >= 11 is 0. The van der Waals surface area contributed by atoms with Gasteiger partial charge in [-0.1, -0.05) is 36.4 Å². The maximum atomic E-state index is 13.5. The van der Waals surface area contributed by atoms with Gasteiger partial charge < -0.3 is 32.9 Å². The van der Waals surface area contributed by atoms with Crippen LogP contribution in [0.3, 0.4) is 0 Å². The first kappa shape index (κ1) is 36.5. The van der Waals surface area contributed by atoms with Crippen LogP contribution < -0.4 is 32.5 Å². The summed E-state index contributed by atoms with van der Waals surface area (Å²) in [4.78, 5) is -0.282. The number of anilines is 4. The summed E-state index contributed by atoms with van der Waals surface area (Å²) < 4.78 is 74.6. The van der Waals surface area contributed by atoms with Gasteiger partial charge in [-0.05, 0) is 73.5 Å². The number of hydrogen-bond donors (Lipinski definition) is 5. The average molecular weight is 736 g/mol. The average Bonchev–Trinajstić information content (AvgIpc) is 3.07. The number of ether oxygens (including phenoxy) is 1. The topological polar surface area (TPSA) is 165 Å². The maximum Gasteiger partial charge on any atom is 0.363 e. The van der Waals surface area contributed by atoms with Crippen LogP contribution >= 0.6 is 0 Å². The van der Waals surface area contributed by atoms with Gasteiger partial charge in [0.25, 0.3) is 10.1 Å². The zero-order chi connectivity index (χ0) is 34.9. The van der Waals surface area contributed by atoms with Gasteiger partial charge in [0, 0.05) is 34.7 Å². The Morgan fingerprint density at radius 2 is 1.38 bits per heavy atom. The second-order valence-corrected chi connectivity index (χ2v) is 14.5. The molecule has 1 heterocycles. The van der Waals surface area contributed by atoms with Crippen molar-refractivity contribution in [2.45, 2.75) is 23.6 Å². The molecule has 0 fully saturated rings. The van der Waals surface area contributed by atoms with E-state index in [0.29, 0.717) is 44.5 Å². The smallest absolute Gasteiger partial charge is 0.363 e. The Bertz CT molecular complexity index is 2440. The van der Waals surface area contributed by atoms with Crippen molar-refractivity contribution < 1.29 is 48.1 Å². The van der Waals surface area contributed by atoms with E-state index in [9.17, 15) is 26.5 Å². The van der Waals surface area contributed by atoms with Gasteiger partial charge >= 0.3 is 11.2 Å². The fourth-order valence-corrected chi connectivity index (χ4v) is 7.50. The molecule has 0 spiro atoms. The first-order chi connectivity index (χ1) is 23.4. The number of fused-ring (bicyclic) bond motifs is 2. The van der Waals surface area contributed by atoms with Crippen LogP contribution in [0.15, 0.2) is 111 Å². The highest BCUT2D eigenvalue weighted by Crippen LogP contribution is 2.42. The molecule has 5 N–H and O–H groups in total. The Balaban J connectivity index is 0.00000486. The third-order valence-electron chi connectivity index (χ3n) is 8.07. The Morgan fingerprint density at radius 3 is 1.98 bits per heavy atom. The van der Waals surface area contributed by atoms with Crippen molar-refractivity contribution in [3.05, 3.63) is 108 Å². The number of para-hydroxylation sites is 1. The molecule has 6 aromatic rings. The number of aliphatic hydroxyl groups excluding tert-OH is 1. The van der Waals surface area contributed by atoms with Crippen molar-refractivity contribution >= 4 is 64.8 Å². The molecule has 0 aliphatic heterocycles. The van der Waals surface area contributed by atoms with E-state index in [1.165, 1.54) is 31.4 Å². The fourth-order valence-electron chi connectivity index (χ4n) is 5.76. The maximum absolute atomic E-state index is 13.5. The lowest BCUT2D eigenvalue weighted by Crippen LogP contribution is -3.00. The molecule has 50 heavy (non-hydrogen) atoms. The molecule has 6 rings (SSSR count). The molecule has 0 bridgehead atoms. The van der Waals surface area contributed by atoms with E-state index in [0.717, 1.165) is 22.5 Å². The lowest BCUT2D eigenvalue weighted by atomic mass is 9.96. The first-order valence-electron chi connectivity index (χ1n) is 15.2. The van der Waals surface area contributed by atoms with Crippen molar-refractivity contribution in [2.75, 3.05) is 30.9 Å². The van der Waals surface area contributed by atoms with Gasteiger partial charge in [0.2, 0.25) is 10.0 Å². The minimum atomic E-state index is -4.48. The van der Waals surface area contributed by atoms with Crippen molar-refractivity contribution in [1.29, 1.82) is 0 Å². The summed E-state index contributed by atoms with van der Waals surface area (Å²) in [6, 6.07) is 27.4. The zero-order valence-electron chi connectivity index (χ0n) is 27.2. The second kappa shape index (κ2) is 14.6. The summed E-state index contributed by atoms with van der Waals surface area (Å²) in [5, 5.41) is 17.2. The Kier molecular flexibility index (Phi) is 10.7. The van der Waals surface area contributed by atoms with E-state index in [-0.39, 0.29) is 41.0 Å². The molecular weight excluding hydrogens is 702 g/mol. The quantitative estimate of drug-likeness (QED) is 0.0741. The van der Waals surface area contributed by atoms with Crippen molar-refractivity contribution in [1.82, 2.24) is 4.72 Å². The molecule has 0 radical (unpaired) electrons. The Labute approximate surface area is 296 Å². The van der Waals surface area contributed by atoms with Crippen LogP contribution in [0.5, 0.6) is 5.75 Å². The van der Waals surface area contributed by atoms with Crippen LogP contribution in [0.2, 0.25) is 0 Å². The SMILES string of the molecule is COc1ccc(S(=O)(=O)O)cc1Nc1ccc2c(-c3ccccc3S(=O)(=O)NCCO)c3ccc(Nc4c(C)cccc4C)cc3[o+]c2c1.[Cl-]. The summed E-state index contributed by atoms with van der Waals surface area (Å²) in [5.74, 6) is 0.334. The third kappa shape index (κ3) is 7.38. The molecule has 0 aliphatic rings. The van der Waals surface area contributed by atoms with Crippen molar-refractivity contribution in [2.24, 2.45) is 0 Å². The van der Waals surface area contributed by atoms with E-state index in [1.54, 1.807) is 36.4 Å². The Hall–Kier alpha value is -4.76. The normalized spacial score (nSPS) is 11.7. The van der Waals surface area contributed by atoms with E-state index >= 15 is 0 Å². The van der Waals surface area contributed by atoms with E-state index < -0.39 is 20.1 Å². The molecule has 0 atom stereocenters. The molecule has 260 valence electrons. The molecular formula is C36H34ClN3O8S2. The lowest BCUT2D eigenvalue weighted by molar-refractivity contribution is -0.0000179. The summed E-state index contributed by atoms with van der Waals surface area (Å²) in [6.45, 7) is 3.53. The highest BCUT2D eigenvalue weighted by Gasteiger charge is 2.27. The number of rotatable bonds is 11. The van der Waals surface area contributed by atoms with Gasteiger partial charge in [0.05, 0.1) is 52.1 Å². The summed E-state index contributed by atoms with van der Waals surface area (Å²) in [5.41, 5.74) is 6.54. The molecule has 1 aromatic heterocycles. The van der Waals surface area contributed by atoms with Crippen LogP contribution in [0.1, 0.15) is 11.1 Å². The molecule has 5 aromatic carbocycles. The number of hydrogen-bond acceptors (Lipinski definition) is 8. The van der Waals surface area contributed by atoms with Crippen LogP contribution in [0, 0.1) is 13.8 Å². The van der Waals surface area contributed by atoms with Crippen LogP contribution in [0.25, 0.3) is 33.1 Å². The minimum Gasteiger partial charge on any atom is -1.00 e. The molecule has 0 saturated carbocycles. The number of nitrogens with one attached hydrogen (secondary N) is 3. The van der Waals surface area contributed by atoms with Gasteiger partial charge in [-0.2, -0.15) is 8.42 Å². The van der Waals surface area contributed by atoms with Crippen LogP contribution in [-0.2, 0) is 20.1 Å². The first-order valence-corrected chi connectivity index (χ1v) is 18.1. The number of benzene rings is 5. The fraction of sp³-hybridized carbons (Fsp3) is 0.139. The van der Waals surface area contributed by atoms with Crippen molar-refractivity contribution in [3.63, 3.8) is 0 Å². The summed E-state index contributed by atoms with van der Waals surface area (Å²) in [6.07, 6.45) is 0. The van der Waals surface area contributed by atoms with Gasteiger partial charge in [0.15, 0.2) is 0 Å². The highest BCUT2D eigenvalue weighted by molar-refractivity contribution is 7.89. The molecule has 0 saturated heterocycles. The second-order valence-electron chi connectivity index (χ2n) is 11.4. The number of sulfonamides is 1. The largest absolute Gasteiger partial charge is 1.00 e. The van der Waals surface area contributed by atoms with Crippen LogP contribution in [0.4, 0.5) is 22.7 Å². The van der Waals surface area contributed by atoms with Gasteiger partial charge in [-0.15, -0.1) is 0 Å². The molecule has 11 nitrogen and oxygen atoms in total. The highest BCUT2D eigenvalue weighted by atomic mass is 35.5. The van der Waals surface area contributed by atoms with E-state index in [4.69, 9.17) is 9.15 Å².